The second kappa shape index (κ2) is 11.2. The van der Waals surface area contributed by atoms with Gasteiger partial charge in [-0.05, 0) is 57.4 Å². The summed E-state index contributed by atoms with van der Waals surface area (Å²) in [6, 6.07) is 0.239. The molecule has 4 nitrogen and oxygen atoms in total. The summed E-state index contributed by atoms with van der Waals surface area (Å²) in [7, 11) is 3.93. The number of hydrogen-bond donors (Lipinski definition) is 1. The quantitative estimate of drug-likeness (QED) is 0.615. The maximum Gasteiger partial charge on any atom is 0.407 e. The van der Waals surface area contributed by atoms with E-state index >= 15 is 0 Å². The van der Waals surface area contributed by atoms with Crippen LogP contribution in [0.4, 0.5) is 4.79 Å². The van der Waals surface area contributed by atoms with Crippen molar-refractivity contribution >= 4 is 17.9 Å². The monoisotopic (exact) mass is 330 g/mol. The molecule has 5 heteroatoms. The first-order chi connectivity index (χ1) is 10.5. The summed E-state index contributed by atoms with van der Waals surface area (Å²) in [6.07, 6.45) is 7.59. The molecule has 0 atom stereocenters. The van der Waals surface area contributed by atoms with Gasteiger partial charge in [-0.3, -0.25) is 0 Å². The molecule has 0 aliphatic heterocycles. The number of thioether (sulfide) groups is 1. The van der Waals surface area contributed by atoms with E-state index in [0.717, 1.165) is 18.8 Å². The second-order valence-electron chi connectivity index (χ2n) is 6.65. The summed E-state index contributed by atoms with van der Waals surface area (Å²) in [6.45, 7) is 4.66. The van der Waals surface area contributed by atoms with Gasteiger partial charge in [0.2, 0.25) is 0 Å². The molecule has 0 aromatic heterocycles. The molecule has 130 valence electrons. The van der Waals surface area contributed by atoms with Crippen molar-refractivity contribution in [1.82, 2.24) is 9.80 Å². The lowest BCUT2D eigenvalue weighted by Gasteiger charge is -2.33. The van der Waals surface area contributed by atoms with Gasteiger partial charge in [0.25, 0.3) is 0 Å². The minimum atomic E-state index is -0.788. The molecule has 1 aliphatic carbocycles. The van der Waals surface area contributed by atoms with Crippen LogP contribution in [0.2, 0.25) is 0 Å². The Morgan fingerprint density at radius 3 is 2.41 bits per heavy atom. The molecule has 0 radical (unpaired) electrons. The van der Waals surface area contributed by atoms with Crippen molar-refractivity contribution in [3.05, 3.63) is 0 Å². The van der Waals surface area contributed by atoms with Crippen molar-refractivity contribution in [2.24, 2.45) is 5.92 Å². The molecule has 0 saturated heterocycles. The van der Waals surface area contributed by atoms with E-state index in [1.165, 1.54) is 61.6 Å². The van der Waals surface area contributed by atoms with Crippen LogP contribution in [-0.4, -0.2) is 65.7 Å². The molecule has 1 N–H and O–H groups in total. The van der Waals surface area contributed by atoms with Gasteiger partial charge in [-0.15, -0.1) is 0 Å². The highest BCUT2D eigenvalue weighted by molar-refractivity contribution is 7.99. The molecule has 0 spiro atoms. The van der Waals surface area contributed by atoms with Gasteiger partial charge >= 0.3 is 6.09 Å². The van der Waals surface area contributed by atoms with Crippen LogP contribution in [0.5, 0.6) is 0 Å². The van der Waals surface area contributed by atoms with Crippen molar-refractivity contribution in [2.45, 2.75) is 57.9 Å². The first kappa shape index (κ1) is 19.6. The van der Waals surface area contributed by atoms with E-state index in [1.54, 1.807) is 7.05 Å². The molecule has 0 unspecified atom stereocenters. The standard InChI is InChI=1S/C17H34N2O2S/c1-4-5-6-11-18(2)12-13-22-14-15-7-9-16(10-8-15)19(3)17(20)21/h15-16H,4-14H2,1-3H3,(H,20,21). The topological polar surface area (TPSA) is 43.8 Å². The molecular formula is C17H34N2O2S. The summed E-state index contributed by atoms with van der Waals surface area (Å²) < 4.78 is 0. The van der Waals surface area contributed by atoms with Crippen molar-refractivity contribution in [3.8, 4) is 0 Å². The maximum absolute atomic E-state index is 11.0. The Hall–Kier alpha value is -0.420. The molecule has 1 saturated carbocycles. The van der Waals surface area contributed by atoms with E-state index in [4.69, 9.17) is 5.11 Å². The molecule has 1 rings (SSSR count). The smallest absolute Gasteiger partial charge is 0.407 e. The molecule has 0 heterocycles. The molecule has 0 aromatic carbocycles. The summed E-state index contributed by atoms with van der Waals surface area (Å²) >= 11 is 2.07. The normalized spacial score (nSPS) is 22.0. The van der Waals surface area contributed by atoms with Crippen molar-refractivity contribution in [2.75, 3.05) is 38.7 Å². The Bertz CT molecular complexity index is 307. The van der Waals surface area contributed by atoms with Gasteiger partial charge in [0, 0.05) is 25.4 Å². The van der Waals surface area contributed by atoms with Crippen molar-refractivity contribution < 1.29 is 9.90 Å². The minimum absolute atomic E-state index is 0.239. The van der Waals surface area contributed by atoms with E-state index in [9.17, 15) is 4.79 Å². The number of hydrogen-bond acceptors (Lipinski definition) is 3. The van der Waals surface area contributed by atoms with Gasteiger partial charge in [0.05, 0.1) is 0 Å². The zero-order valence-corrected chi connectivity index (χ0v) is 15.4. The van der Waals surface area contributed by atoms with Crippen LogP contribution in [0.15, 0.2) is 0 Å². The third-order valence-electron chi connectivity index (χ3n) is 4.78. The highest BCUT2D eigenvalue weighted by Crippen LogP contribution is 2.29. The molecule has 22 heavy (non-hydrogen) atoms. The highest BCUT2D eigenvalue weighted by Gasteiger charge is 2.26. The average Bonchev–Trinajstić information content (AvgIpc) is 2.51. The van der Waals surface area contributed by atoms with E-state index in [2.05, 4.69) is 30.6 Å². The lowest BCUT2D eigenvalue weighted by Crippen LogP contribution is -2.38. The molecule has 1 fully saturated rings. The maximum atomic E-state index is 11.0. The zero-order chi connectivity index (χ0) is 16.4. The molecule has 1 aliphatic rings. The van der Waals surface area contributed by atoms with Crippen LogP contribution in [0.3, 0.4) is 0 Å². The Balaban J connectivity index is 2.04. The van der Waals surface area contributed by atoms with Gasteiger partial charge in [-0.2, -0.15) is 11.8 Å². The second-order valence-corrected chi connectivity index (χ2v) is 7.80. The number of unbranched alkanes of at least 4 members (excludes halogenated alkanes) is 2. The fourth-order valence-corrected chi connectivity index (χ4v) is 4.34. The summed E-state index contributed by atoms with van der Waals surface area (Å²) in [5.74, 6) is 3.25. The van der Waals surface area contributed by atoms with Crippen LogP contribution in [-0.2, 0) is 0 Å². The molecule has 0 bridgehead atoms. The van der Waals surface area contributed by atoms with Gasteiger partial charge in [0.15, 0.2) is 0 Å². The fraction of sp³-hybridized carbons (Fsp3) is 0.941. The van der Waals surface area contributed by atoms with E-state index < -0.39 is 6.09 Å². The number of rotatable bonds is 10. The lowest BCUT2D eigenvalue weighted by atomic mass is 9.87. The zero-order valence-electron chi connectivity index (χ0n) is 14.6. The van der Waals surface area contributed by atoms with Crippen LogP contribution in [0, 0.1) is 5.92 Å². The van der Waals surface area contributed by atoms with Gasteiger partial charge < -0.3 is 14.9 Å². The first-order valence-corrected chi connectivity index (χ1v) is 9.92. The predicted molar refractivity (Wildman–Crippen MR) is 95.9 cm³/mol. The van der Waals surface area contributed by atoms with E-state index in [0.29, 0.717) is 0 Å². The summed E-state index contributed by atoms with van der Waals surface area (Å²) in [5, 5.41) is 9.02. The number of nitrogens with zero attached hydrogens (tertiary/aromatic N) is 2. The Morgan fingerprint density at radius 2 is 1.82 bits per heavy atom. The Labute approximate surface area is 140 Å². The third kappa shape index (κ3) is 7.73. The van der Waals surface area contributed by atoms with Crippen molar-refractivity contribution in [1.29, 1.82) is 0 Å². The third-order valence-corrected chi connectivity index (χ3v) is 5.96. The van der Waals surface area contributed by atoms with Crippen LogP contribution in [0.1, 0.15) is 51.9 Å². The van der Waals surface area contributed by atoms with Crippen molar-refractivity contribution in [3.63, 3.8) is 0 Å². The van der Waals surface area contributed by atoms with Gasteiger partial charge in [0.1, 0.15) is 0 Å². The fourth-order valence-electron chi connectivity index (χ4n) is 3.07. The van der Waals surface area contributed by atoms with E-state index in [-0.39, 0.29) is 6.04 Å². The summed E-state index contributed by atoms with van der Waals surface area (Å²) in [5.41, 5.74) is 0. The van der Waals surface area contributed by atoms with E-state index in [1.807, 2.05) is 0 Å². The van der Waals surface area contributed by atoms with Crippen LogP contribution < -0.4 is 0 Å². The lowest BCUT2D eigenvalue weighted by molar-refractivity contribution is 0.121. The van der Waals surface area contributed by atoms with Crippen LogP contribution >= 0.6 is 11.8 Å². The number of carbonyl (C=O) groups is 1. The number of carboxylic acid groups (broad SMARTS) is 1. The Morgan fingerprint density at radius 1 is 1.14 bits per heavy atom. The molecule has 0 aromatic rings. The van der Waals surface area contributed by atoms with Gasteiger partial charge in [-0.25, -0.2) is 4.79 Å². The number of amides is 1. The van der Waals surface area contributed by atoms with Crippen LogP contribution in [0.25, 0.3) is 0 Å². The SMILES string of the molecule is CCCCCN(C)CCSCC1CCC(N(C)C(=O)O)CC1. The largest absolute Gasteiger partial charge is 0.465 e. The molecular weight excluding hydrogens is 296 g/mol. The molecule has 1 amide bonds. The Kier molecular flexibility index (Phi) is 9.96. The average molecular weight is 331 g/mol. The van der Waals surface area contributed by atoms with Gasteiger partial charge in [-0.1, -0.05) is 19.8 Å². The minimum Gasteiger partial charge on any atom is -0.465 e. The predicted octanol–water partition coefficient (Wildman–Crippen LogP) is 4.01. The summed E-state index contributed by atoms with van der Waals surface area (Å²) in [4.78, 5) is 14.9. The first-order valence-electron chi connectivity index (χ1n) is 8.76. The highest BCUT2D eigenvalue weighted by atomic mass is 32.2.